The number of amides is 2. The summed E-state index contributed by atoms with van der Waals surface area (Å²) in [5.74, 6) is 0.154. The third-order valence-corrected chi connectivity index (χ3v) is 7.85. The molecule has 4 aromatic rings. The van der Waals surface area contributed by atoms with E-state index in [1.165, 1.54) is 12.0 Å². The van der Waals surface area contributed by atoms with Gasteiger partial charge >= 0.3 is 0 Å². The van der Waals surface area contributed by atoms with Crippen LogP contribution in [0.2, 0.25) is 5.02 Å². The molecule has 1 aliphatic rings. The van der Waals surface area contributed by atoms with Gasteiger partial charge in [-0.05, 0) is 78.7 Å². The van der Waals surface area contributed by atoms with Crippen LogP contribution in [0.25, 0.3) is 11.1 Å². The predicted molar refractivity (Wildman–Crippen MR) is 173 cm³/mol. The normalized spacial score (nSPS) is 16.1. The highest BCUT2D eigenvalue weighted by atomic mass is 35.5. The minimum absolute atomic E-state index is 0. The van der Waals surface area contributed by atoms with Crippen LogP contribution in [0.1, 0.15) is 53.1 Å². The molecule has 1 saturated carbocycles. The monoisotopic (exact) mass is 601 g/mol. The summed E-state index contributed by atoms with van der Waals surface area (Å²) in [4.78, 5) is 26.4. The second-order valence-electron chi connectivity index (χ2n) is 10.6. The molecule has 0 aliphatic heterocycles. The largest absolute Gasteiger partial charge is 0.350 e. The van der Waals surface area contributed by atoms with E-state index in [9.17, 15) is 9.59 Å². The minimum atomic E-state index is -0.624. The summed E-state index contributed by atoms with van der Waals surface area (Å²) in [5, 5.41) is 10.3. The number of halogens is 2. The number of carbonyl (C=O) groups is 2. The topological polar surface area (TPSA) is 70.2 Å². The summed E-state index contributed by atoms with van der Waals surface area (Å²) in [7, 11) is 0. The number of unbranched alkanes of at least 4 members (excludes halogenated alkanes) is 1. The maximum absolute atomic E-state index is 13.2. The summed E-state index contributed by atoms with van der Waals surface area (Å²) in [6.07, 6.45) is 3.48. The van der Waals surface area contributed by atoms with Gasteiger partial charge in [-0.1, -0.05) is 96.5 Å². The SMILES string of the molecule is Cl.O=C(NC(CCCCN[C@@H]1C[C@H]1c1ccccc1)C(=O)NCc1ccc(Cl)cc1)c1ccc(-c2ccccc2)cc1. The Morgan fingerprint density at radius 1 is 0.786 bits per heavy atom. The first-order chi connectivity index (χ1) is 20.1. The molecule has 0 saturated heterocycles. The molecule has 1 fully saturated rings. The molecule has 1 aliphatic carbocycles. The molecular weight excluding hydrogens is 565 g/mol. The van der Waals surface area contributed by atoms with Gasteiger partial charge in [-0.3, -0.25) is 9.59 Å². The van der Waals surface area contributed by atoms with Crippen molar-refractivity contribution in [1.29, 1.82) is 0 Å². The number of nitrogens with one attached hydrogen (secondary N) is 3. The van der Waals surface area contributed by atoms with Gasteiger partial charge in [0.2, 0.25) is 5.91 Å². The fourth-order valence-electron chi connectivity index (χ4n) is 5.12. The van der Waals surface area contributed by atoms with Gasteiger partial charge in [0.05, 0.1) is 0 Å². The van der Waals surface area contributed by atoms with Crippen molar-refractivity contribution < 1.29 is 9.59 Å². The van der Waals surface area contributed by atoms with Crippen LogP contribution in [0.15, 0.2) is 109 Å². The molecule has 5 nitrogen and oxygen atoms in total. The van der Waals surface area contributed by atoms with E-state index in [0.717, 1.165) is 36.1 Å². The van der Waals surface area contributed by atoms with Gasteiger partial charge in [-0.15, -0.1) is 12.4 Å². The molecular formula is C35H37Cl2N3O2. The van der Waals surface area contributed by atoms with Gasteiger partial charge in [0, 0.05) is 29.1 Å². The average molecular weight is 603 g/mol. The third kappa shape index (κ3) is 8.93. The highest BCUT2D eigenvalue weighted by Crippen LogP contribution is 2.40. The fourth-order valence-corrected chi connectivity index (χ4v) is 5.25. The second-order valence-corrected chi connectivity index (χ2v) is 11.1. The minimum Gasteiger partial charge on any atom is -0.350 e. The molecule has 218 valence electrons. The summed E-state index contributed by atoms with van der Waals surface area (Å²) in [5.41, 5.74) is 5.00. The Labute approximate surface area is 259 Å². The third-order valence-electron chi connectivity index (χ3n) is 7.60. The molecule has 2 amide bonds. The van der Waals surface area contributed by atoms with E-state index in [2.05, 4.69) is 46.3 Å². The van der Waals surface area contributed by atoms with Crippen LogP contribution in [0.4, 0.5) is 0 Å². The highest BCUT2D eigenvalue weighted by Gasteiger charge is 2.37. The Kier molecular flexibility index (Phi) is 11.6. The van der Waals surface area contributed by atoms with Crippen molar-refractivity contribution in [2.24, 2.45) is 0 Å². The quantitative estimate of drug-likeness (QED) is 0.142. The van der Waals surface area contributed by atoms with Crippen molar-refractivity contribution in [3.63, 3.8) is 0 Å². The molecule has 5 rings (SSSR count). The number of hydrogen-bond donors (Lipinski definition) is 3. The number of rotatable bonds is 13. The van der Waals surface area contributed by atoms with Crippen molar-refractivity contribution in [2.45, 2.75) is 50.2 Å². The van der Waals surface area contributed by atoms with Crippen LogP contribution in [-0.4, -0.2) is 30.4 Å². The van der Waals surface area contributed by atoms with E-state index in [1.807, 2.05) is 66.7 Å². The zero-order valence-electron chi connectivity index (χ0n) is 23.5. The lowest BCUT2D eigenvalue weighted by atomic mass is 10.0. The highest BCUT2D eigenvalue weighted by molar-refractivity contribution is 6.30. The summed E-state index contributed by atoms with van der Waals surface area (Å²) >= 11 is 5.99. The van der Waals surface area contributed by atoms with Gasteiger partial charge in [0.15, 0.2) is 0 Å². The average Bonchev–Trinajstić information content (AvgIpc) is 3.80. The van der Waals surface area contributed by atoms with Gasteiger partial charge in [0.25, 0.3) is 5.91 Å². The van der Waals surface area contributed by atoms with Crippen molar-refractivity contribution >= 4 is 35.8 Å². The van der Waals surface area contributed by atoms with Gasteiger partial charge in [-0.25, -0.2) is 0 Å². The Balaban J connectivity index is 0.00000405. The Hall–Kier alpha value is -3.64. The van der Waals surface area contributed by atoms with Crippen LogP contribution < -0.4 is 16.0 Å². The number of carbonyl (C=O) groups excluding carboxylic acids is 2. The van der Waals surface area contributed by atoms with Crippen molar-refractivity contribution in [1.82, 2.24) is 16.0 Å². The number of benzene rings is 4. The molecule has 3 N–H and O–H groups in total. The molecule has 0 heterocycles. The predicted octanol–water partition coefficient (Wildman–Crippen LogP) is 7.16. The van der Waals surface area contributed by atoms with Gasteiger partial charge < -0.3 is 16.0 Å². The molecule has 42 heavy (non-hydrogen) atoms. The molecule has 0 spiro atoms. The first-order valence-corrected chi connectivity index (χ1v) is 14.7. The zero-order chi connectivity index (χ0) is 28.4. The van der Waals surface area contributed by atoms with Crippen LogP contribution in [0, 0.1) is 0 Å². The van der Waals surface area contributed by atoms with E-state index in [4.69, 9.17) is 11.6 Å². The van der Waals surface area contributed by atoms with E-state index in [0.29, 0.717) is 35.5 Å². The van der Waals surface area contributed by atoms with E-state index >= 15 is 0 Å². The van der Waals surface area contributed by atoms with Crippen LogP contribution in [0.5, 0.6) is 0 Å². The summed E-state index contributed by atoms with van der Waals surface area (Å²) in [6.45, 7) is 1.26. The zero-order valence-corrected chi connectivity index (χ0v) is 25.0. The van der Waals surface area contributed by atoms with Gasteiger partial charge in [0.1, 0.15) is 6.04 Å². The molecule has 0 aromatic heterocycles. The number of hydrogen-bond acceptors (Lipinski definition) is 3. The summed E-state index contributed by atoms with van der Waals surface area (Å²) < 4.78 is 0. The van der Waals surface area contributed by atoms with Crippen LogP contribution in [0.3, 0.4) is 0 Å². The standard InChI is InChI=1S/C35H36ClN3O2.ClH/c36-30-20-14-25(15-21-30)24-38-35(41)32(13-7-8-22-37-33-23-31(33)28-11-5-2-6-12-28)39-34(40)29-18-16-27(17-19-29)26-9-3-1-4-10-26;/h1-6,9-12,14-21,31-33,37H,7-8,13,22-24H2,(H,38,41)(H,39,40);1H/t31-,32?,33+;/m0./s1. The first kappa shape index (κ1) is 31.3. The lowest BCUT2D eigenvalue weighted by molar-refractivity contribution is -0.123. The first-order valence-electron chi connectivity index (χ1n) is 14.3. The van der Waals surface area contributed by atoms with Gasteiger partial charge in [-0.2, -0.15) is 0 Å². The maximum Gasteiger partial charge on any atom is 0.251 e. The molecule has 0 bridgehead atoms. The van der Waals surface area contributed by atoms with E-state index in [1.54, 1.807) is 12.1 Å². The Morgan fingerprint density at radius 3 is 2.12 bits per heavy atom. The van der Waals surface area contributed by atoms with E-state index in [-0.39, 0.29) is 24.2 Å². The smallest absolute Gasteiger partial charge is 0.251 e. The lowest BCUT2D eigenvalue weighted by Crippen LogP contribution is -2.46. The maximum atomic E-state index is 13.2. The molecule has 0 radical (unpaired) electrons. The van der Waals surface area contributed by atoms with Crippen LogP contribution >= 0.6 is 24.0 Å². The van der Waals surface area contributed by atoms with E-state index < -0.39 is 6.04 Å². The van der Waals surface area contributed by atoms with Crippen molar-refractivity contribution in [3.05, 3.63) is 131 Å². The van der Waals surface area contributed by atoms with Crippen molar-refractivity contribution in [3.8, 4) is 11.1 Å². The Morgan fingerprint density at radius 2 is 1.43 bits per heavy atom. The second kappa shape index (κ2) is 15.5. The Bertz CT molecular complexity index is 1410. The molecule has 7 heteroatoms. The van der Waals surface area contributed by atoms with Crippen LogP contribution in [-0.2, 0) is 11.3 Å². The molecule has 4 aromatic carbocycles. The molecule has 3 atom stereocenters. The van der Waals surface area contributed by atoms with Crippen molar-refractivity contribution in [2.75, 3.05) is 6.54 Å². The molecule has 1 unspecified atom stereocenters. The fraction of sp³-hybridized carbons (Fsp3) is 0.257. The summed E-state index contributed by atoms with van der Waals surface area (Å²) in [6, 6.07) is 35.4. The lowest BCUT2D eigenvalue weighted by Gasteiger charge is -2.19.